The van der Waals surface area contributed by atoms with E-state index in [4.69, 9.17) is 10.5 Å². The summed E-state index contributed by atoms with van der Waals surface area (Å²) in [6, 6.07) is 19.4. The van der Waals surface area contributed by atoms with E-state index >= 15 is 0 Å². The predicted octanol–water partition coefficient (Wildman–Crippen LogP) is 4.12. The van der Waals surface area contributed by atoms with Crippen molar-refractivity contribution in [1.29, 1.82) is 0 Å². The van der Waals surface area contributed by atoms with Gasteiger partial charge in [0, 0.05) is 23.7 Å². The number of carbonyl (C=O) groups is 4. The van der Waals surface area contributed by atoms with Crippen LogP contribution in [-0.2, 0) is 25.7 Å². The third-order valence-corrected chi connectivity index (χ3v) is 9.70. The summed E-state index contributed by atoms with van der Waals surface area (Å²) in [6.45, 7) is 9.21. The summed E-state index contributed by atoms with van der Waals surface area (Å²) in [4.78, 5) is 57.2. The predicted molar refractivity (Wildman–Crippen MR) is 209 cm³/mol. The Morgan fingerprint density at radius 2 is 1.57 bits per heavy atom. The number of benzene rings is 3. The van der Waals surface area contributed by atoms with Crippen LogP contribution in [0.2, 0.25) is 0 Å². The number of nitrogens with two attached hydrogens (primary N) is 1. The molecule has 7 N–H and O–H groups in total. The standard InChI is InChI=1S/C41H56N6O7/c1-6-27(4)35(23-48)43-38(50)21-37(49)33(19-26(2)3)44-39(51)34(45-41(53)54-24-29-13-8-7-9-14-29)20-31-22-46(40(52)28(5)42)25-47(31)36-18-12-16-30-15-10-11-17-32(30)36/h7-18,22,26-28,33-35,37,48-49H,6,19-21,23-25,42H2,1-5H3,(H,43,50)(H,44,51)(H,45,53)/t27-,28-,33-,34+,35+,37-/m0/s1. The molecule has 13 heteroatoms. The summed E-state index contributed by atoms with van der Waals surface area (Å²) in [5.74, 6) is -1.34. The van der Waals surface area contributed by atoms with Crippen molar-refractivity contribution in [3.8, 4) is 0 Å². The Kier molecular flexibility index (Phi) is 15.4. The van der Waals surface area contributed by atoms with E-state index in [-0.39, 0.29) is 50.5 Å². The molecule has 13 nitrogen and oxygen atoms in total. The van der Waals surface area contributed by atoms with Crippen LogP contribution in [0.15, 0.2) is 84.7 Å². The molecule has 6 atom stereocenters. The first kappa shape index (κ1) is 41.8. The van der Waals surface area contributed by atoms with Crippen LogP contribution in [-0.4, -0.2) is 82.5 Å². The Balaban J connectivity index is 1.63. The molecule has 0 saturated carbocycles. The average Bonchev–Trinajstić information content (AvgIpc) is 3.58. The molecule has 3 aromatic carbocycles. The van der Waals surface area contributed by atoms with Gasteiger partial charge in [0.15, 0.2) is 0 Å². The summed E-state index contributed by atoms with van der Waals surface area (Å²) in [7, 11) is 0. The zero-order chi connectivity index (χ0) is 39.4. The Morgan fingerprint density at radius 1 is 0.889 bits per heavy atom. The van der Waals surface area contributed by atoms with Crippen LogP contribution in [0.5, 0.6) is 0 Å². The number of anilines is 1. The molecule has 0 spiro atoms. The zero-order valence-electron chi connectivity index (χ0n) is 31.9. The molecule has 1 aliphatic heterocycles. The number of ether oxygens (including phenoxy) is 1. The zero-order valence-corrected chi connectivity index (χ0v) is 31.9. The van der Waals surface area contributed by atoms with Crippen molar-refractivity contribution >= 4 is 40.3 Å². The van der Waals surface area contributed by atoms with Crippen LogP contribution in [0.3, 0.4) is 0 Å². The highest BCUT2D eigenvalue weighted by atomic mass is 16.5. The van der Waals surface area contributed by atoms with Crippen LogP contribution >= 0.6 is 0 Å². The fraction of sp³-hybridized carbons (Fsp3) is 0.463. The number of aliphatic hydroxyl groups is 2. The maximum atomic E-state index is 14.3. The molecule has 3 aromatic rings. The van der Waals surface area contributed by atoms with E-state index in [1.54, 1.807) is 13.1 Å². The lowest BCUT2D eigenvalue weighted by molar-refractivity contribution is -0.129. The number of hydrogen-bond donors (Lipinski definition) is 6. The lowest BCUT2D eigenvalue weighted by Gasteiger charge is -2.30. The van der Waals surface area contributed by atoms with Gasteiger partial charge in [0.1, 0.15) is 19.3 Å². The summed E-state index contributed by atoms with van der Waals surface area (Å²) < 4.78 is 5.51. The van der Waals surface area contributed by atoms with E-state index in [9.17, 15) is 29.4 Å². The number of rotatable bonds is 18. The lowest BCUT2D eigenvalue weighted by atomic mass is 9.95. The van der Waals surface area contributed by atoms with Crippen molar-refractivity contribution in [1.82, 2.24) is 20.9 Å². The average molecular weight is 745 g/mol. The number of nitrogens with one attached hydrogen (secondary N) is 3. The van der Waals surface area contributed by atoms with Gasteiger partial charge in [-0.15, -0.1) is 0 Å². The molecule has 0 radical (unpaired) electrons. The monoisotopic (exact) mass is 744 g/mol. The first-order valence-corrected chi connectivity index (χ1v) is 18.7. The minimum atomic E-state index is -1.27. The largest absolute Gasteiger partial charge is 0.445 e. The number of hydrogen-bond acceptors (Lipinski definition) is 9. The molecule has 0 unspecified atom stereocenters. The van der Waals surface area contributed by atoms with E-state index in [0.717, 1.165) is 28.4 Å². The lowest BCUT2D eigenvalue weighted by Crippen LogP contribution is -2.54. The second-order valence-electron chi connectivity index (χ2n) is 14.5. The Hall–Kier alpha value is -4.98. The third-order valence-electron chi connectivity index (χ3n) is 9.70. The number of carbonyl (C=O) groups excluding carboxylic acids is 4. The molecular weight excluding hydrogens is 688 g/mol. The van der Waals surface area contributed by atoms with Gasteiger partial charge in [0.05, 0.1) is 42.9 Å². The van der Waals surface area contributed by atoms with E-state index < -0.39 is 48.2 Å². The van der Waals surface area contributed by atoms with Crippen molar-refractivity contribution in [2.45, 2.75) is 97.2 Å². The number of amides is 4. The normalized spacial score (nSPS) is 16.2. The van der Waals surface area contributed by atoms with E-state index in [2.05, 4.69) is 16.0 Å². The van der Waals surface area contributed by atoms with Gasteiger partial charge >= 0.3 is 6.09 Å². The number of nitrogens with zero attached hydrogens (tertiary/aromatic N) is 2. The molecule has 4 amide bonds. The van der Waals surface area contributed by atoms with E-state index in [0.29, 0.717) is 12.1 Å². The summed E-state index contributed by atoms with van der Waals surface area (Å²) in [6.07, 6.45) is 0.250. The maximum absolute atomic E-state index is 14.3. The van der Waals surface area contributed by atoms with Crippen molar-refractivity contribution < 1.29 is 34.1 Å². The highest BCUT2D eigenvalue weighted by Gasteiger charge is 2.35. The summed E-state index contributed by atoms with van der Waals surface area (Å²) >= 11 is 0. The van der Waals surface area contributed by atoms with Gasteiger partial charge in [-0.1, -0.05) is 101 Å². The first-order chi connectivity index (χ1) is 25.8. The molecule has 0 saturated heterocycles. The fourth-order valence-corrected chi connectivity index (χ4v) is 6.45. The molecule has 0 aliphatic carbocycles. The molecular formula is C41H56N6O7. The Morgan fingerprint density at radius 3 is 2.24 bits per heavy atom. The van der Waals surface area contributed by atoms with Crippen molar-refractivity contribution in [2.75, 3.05) is 18.2 Å². The van der Waals surface area contributed by atoms with Crippen LogP contribution in [0, 0.1) is 11.8 Å². The first-order valence-electron chi connectivity index (χ1n) is 18.7. The van der Waals surface area contributed by atoms with Crippen molar-refractivity contribution in [2.24, 2.45) is 17.6 Å². The quantitative estimate of drug-likeness (QED) is 0.111. The summed E-state index contributed by atoms with van der Waals surface area (Å²) in [5, 5.41) is 31.5. The van der Waals surface area contributed by atoms with Crippen LogP contribution in [0.4, 0.5) is 10.5 Å². The number of fused-ring (bicyclic) bond motifs is 1. The summed E-state index contributed by atoms with van der Waals surface area (Å²) in [5.41, 5.74) is 8.12. The smallest absolute Gasteiger partial charge is 0.408 e. The van der Waals surface area contributed by atoms with Gasteiger partial charge in [0.2, 0.25) is 17.7 Å². The topological polar surface area (TPSA) is 187 Å². The van der Waals surface area contributed by atoms with Gasteiger partial charge in [0.25, 0.3) is 0 Å². The Bertz CT molecular complexity index is 1740. The van der Waals surface area contributed by atoms with E-state index in [1.807, 2.05) is 105 Å². The molecule has 1 aliphatic rings. The van der Waals surface area contributed by atoms with Gasteiger partial charge in [-0.3, -0.25) is 19.3 Å². The van der Waals surface area contributed by atoms with Crippen molar-refractivity contribution in [3.63, 3.8) is 0 Å². The van der Waals surface area contributed by atoms with Crippen LogP contribution in [0.25, 0.3) is 10.8 Å². The SMILES string of the molecule is CC[C@H](C)[C@@H](CO)NC(=O)C[C@H](O)[C@H](CC(C)C)NC(=O)[C@@H](CC1=CN(C(=O)[C@H](C)N)CN1c1cccc2ccccc12)NC(=O)OCc1ccccc1. The minimum absolute atomic E-state index is 0.0216. The van der Waals surface area contributed by atoms with Crippen molar-refractivity contribution in [3.05, 3.63) is 90.3 Å². The molecule has 0 bridgehead atoms. The molecule has 0 aromatic heterocycles. The maximum Gasteiger partial charge on any atom is 0.408 e. The van der Waals surface area contributed by atoms with Gasteiger partial charge in [-0.2, -0.15) is 0 Å². The Labute approximate surface area is 317 Å². The van der Waals surface area contributed by atoms with Crippen LogP contribution < -0.4 is 26.6 Å². The fourth-order valence-electron chi connectivity index (χ4n) is 6.45. The second-order valence-corrected chi connectivity index (χ2v) is 14.5. The van der Waals surface area contributed by atoms with Gasteiger partial charge in [-0.25, -0.2) is 4.79 Å². The van der Waals surface area contributed by atoms with Gasteiger partial charge < -0.3 is 41.5 Å². The molecule has 0 fully saturated rings. The van der Waals surface area contributed by atoms with E-state index in [1.165, 1.54) is 4.90 Å². The second kappa shape index (κ2) is 19.9. The molecule has 4 rings (SSSR count). The highest BCUT2D eigenvalue weighted by molar-refractivity contribution is 5.96. The highest BCUT2D eigenvalue weighted by Crippen LogP contribution is 2.34. The third kappa shape index (κ3) is 11.5. The molecule has 1 heterocycles. The molecule has 54 heavy (non-hydrogen) atoms. The molecule has 292 valence electrons. The number of alkyl carbamates (subject to hydrolysis) is 1. The van der Waals surface area contributed by atoms with Crippen LogP contribution in [0.1, 0.15) is 65.9 Å². The minimum Gasteiger partial charge on any atom is -0.445 e. The number of aliphatic hydroxyl groups excluding tert-OH is 2. The van der Waals surface area contributed by atoms with Gasteiger partial charge in [-0.05, 0) is 42.2 Å².